The fourth-order valence-corrected chi connectivity index (χ4v) is 3.42. The van der Waals surface area contributed by atoms with Crippen LogP contribution in [0.2, 0.25) is 0 Å². The molecule has 1 aromatic carbocycles. The van der Waals surface area contributed by atoms with Crippen molar-refractivity contribution in [2.75, 3.05) is 0 Å². The van der Waals surface area contributed by atoms with Crippen LogP contribution in [0.25, 0.3) is 0 Å². The van der Waals surface area contributed by atoms with Gasteiger partial charge in [-0.25, -0.2) is 4.98 Å². The van der Waals surface area contributed by atoms with Gasteiger partial charge in [0.05, 0.1) is 5.69 Å². The van der Waals surface area contributed by atoms with Gasteiger partial charge in [-0.05, 0) is 18.6 Å². The Labute approximate surface area is 124 Å². The average molecular weight is 288 g/mol. The van der Waals surface area contributed by atoms with Crippen molar-refractivity contribution in [1.82, 2.24) is 10.3 Å². The third kappa shape index (κ3) is 2.72. The standard InChI is InChI=1S/C16H20N2OS/c1-10(2)17-9-15-11(3)18-16(20-15)14-8-12-6-4-5-7-13(12)19-14/h4-7,10,14,17H,8-9H2,1-3H3. The van der Waals surface area contributed by atoms with E-state index in [1.165, 1.54) is 10.4 Å². The zero-order valence-electron chi connectivity index (χ0n) is 12.1. The summed E-state index contributed by atoms with van der Waals surface area (Å²) >= 11 is 1.77. The minimum Gasteiger partial charge on any atom is -0.483 e. The van der Waals surface area contributed by atoms with Crippen LogP contribution in [0.1, 0.15) is 41.1 Å². The van der Waals surface area contributed by atoms with Crippen LogP contribution in [0.4, 0.5) is 0 Å². The van der Waals surface area contributed by atoms with Crippen LogP contribution >= 0.6 is 11.3 Å². The molecule has 0 saturated heterocycles. The van der Waals surface area contributed by atoms with Gasteiger partial charge in [-0.1, -0.05) is 32.0 Å². The molecule has 1 unspecified atom stereocenters. The van der Waals surface area contributed by atoms with E-state index in [1.807, 2.05) is 12.1 Å². The second-order valence-electron chi connectivity index (χ2n) is 5.51. The highest BCUT2D eigenvalue weighted by Gasteiger charge is 2.27. The highest BCUT2D eigenvalue weighted by Crippen LogP contribution is 2.38. The Morgan fingerprint density at radius 1 is 1.40 bits per heavy atom. The second-order valence-corrected chi connectivity index (χ2v) is 6.63. The Kier molecular flexibility index (Phi) is 3.76. The number of hydrogen-bond acceptors (Lipinski definition) is 4. The number of benzene rings is 1. The van der Waals surface area contributed by atoms with Crippen molar-refractivity contribution in [1.29, 1.82) is 0 Å². The van der Waals surface area contributed by atoms with Crippen LogP contribution in [0.15, 0.2) is 24.3 Å². The molecule has 1 N–H and O–H groups in total. The molecule has 2 heterocycles. The molecule has 20 heavy (non-hydrogen) atoms. The molecule has 106 valence electrons. The van der Waals surface area contributed by atoms with E-state index in [0.717, 1.165) is 29.4 Å². The van der Waals surface area contributed by atoms with E-state index in [-0.39, 0.29) is 6.10 Å². The van der Waals surface area contributed by atoms with Gasteiger partial charge in [0, 0.05) is 23.9 Å². The van der Waals surface area contributed by atoms with Gasteiger partial charge in [0.15, 0.2) is 6.10 Å². The number of nitrogens with zero attached hydrogens (tertiary/aromatic N) is 1. The summed E-state index contributed by atoms with van der Waals surface area (Å²) in [5, 5.41) is 4.55. The van der Waals surface area contributed by atoms with Crippen molar-refractivity contribution in [3.8, 4) is 5.75 Å². The third-order valence-electron chi connectivity index (χ3n) is 3.50. The highest BCUT2D eigenvalue weighted by molar-refractivity contribution is 7.11. The zero-order chi connectivity index (χ0) is 14.1. The first-order valence-corrected chi connectivity index (χ1v) is 7.89. The van der Waals surface area contributed by atoms with Crippen molar-refractivity contribution >= 4 is 11.3 Å². The number of fused-ring (bicyclic) bond motifs is 1. The molecule has 3 nitrogen and oxygen atoms in total. The number of thiazole rings is 1. The van der Waals surface area contributed by atoms with E-state index >= 15 is 0 Å². The summed E-state index contributed by atoms with van der Waals surface area (Å²) in [7, 11) is 0. The van der Waals surface area contributed by atoms with Gasteiger partial charge in [0.25, 0.3) is 0 Å². The molecule has 2 aromatic rings. The first-order valence-electron chi connectivity index (χ1n) is 7.07. The largest absolute Gasteiger partial charge is 0.483 e. The first-order chi connectivity index (χ1) is 9.63. The molecular weight excluding hydrogens is 268 g/mol. The molecule has 0 amide bonds. The molecule has 1 atom stereocenters. The summed E-state index contributed by atoms with van der Waals surface area (Å²) in [6.07, 6.45) is 1.02. The molecular formula is C16H20N2OS. The van der Waals surface area contributed by atoms with Crippen molar-refractivity contribution in [2.45, 2.75) is 45.9 Å². The predicted molar refractivity (Wildman–Crippen MR) is 82.3 cm³/mol. The Hall–Kier alpha value is -1.39. The monoisotopic (exact) mass is 288 g/mol. The first kappa shape index (κ1) is 13.6. The number of aromatic nitrogens is 1. The quantitative estimate of drug-likeness (QED) is 0.933. The van der Waals surface area contributed by atoms with Gasteiger partial charge in [-0.15, -0.1) is 11.3 Å². The van der Waals surface area contributed by atoms with Crippen LogP contribution < -0.4 is 10.1 Å². The molecule has 0 aliphatic carbocycles. The minimum absolute atomic E-state index is 0.0869. The molecule has 0 fully saturated rings. The zero-order valence-corrected chi connectivity index (χ0v) is 13.0. The van der Waals surface area contributed by atoms with Crippen molar-refractivity contribution in [3.05, 3.63) is 45.4 Å². The number of para-hydroxylation sites is 1. The summed E-state index contributed by atoms with van der Waals surface area (Å²) < 4.78 is 6.01. The highest BCUT2D eigenvalue weighted by atomic mass is 32.1. The van der Waals surface area contributed by atoms with E-state index < -0.39 is 0 Å². The molecule has 1 aliphatic heterocycles. The van der Waals surface area contributed by atoms with E-state index in [0.29, 0.717) is 6.04 Å². The van der Waals surface area contributed by atoms with E-state index in [9.17, 15) is 0 Å². The molecule has 0 radical (unpaired) electrons. The second kappa shape index (κ2) is 5.54. The summed E-state index contributed by atoms with van der Waals surface area (Å²) in [5.74, 6) is 1.01. The SMILES string of the molecule is Cc1nc(C2Cc3ccccc3O2)sc1CNC(C)C. The van der Waals surface area contributed by atoms with Gasteiger partial charge in [-0.2, -0.15) is 0 Å². The Morgan fingerprint density at radius 3 is 2.95 bits per heavy atom. The lowest BCUT2D eigenvalue weighted by atomic mass is 10.1. The van der Waals surface area contributed by atoms with Crippen LogP contribution in [0.5, 0.6) is 5.75 Å². The fraction of sp³-hybridized carbons (Fsp3) is 0.438. The summed E-state index contributed by atoms with van der Waals surface area (Å²) in [6.45, 7) is 7.29. The van der Waals surface area contributed by atoms with Crippen LogP contribution in [-0.2, 0) is 13.0 Å². The smallest absolute Gasteiger partial charge is 0.154 e. The maximum absolute atomic E-state index is 6.01. The van der Waals surface area contributed by atoms with Crippen LogP contribution in [-0.4, -0.2) is 11.0 Å². The van der Waals surface area contributed by atoms with Gasteiger partial charge in [-0.3, -0.25) is 0 Å². The van der Waals surface area contributed by atoms with Crippen molar-refractivity contribution < 1.29 is 4.74 Å². The predicted octanol–water partition coefficient (Wildman–Crippen LogP) is 3.63. The molecule has 0 spiro atoms. The Balaban J connectivity index is 1.75. The van der Waals surface area contributed by atoms with Crippen LogP contribution in [0.3, 0.4) is 0 Å². The van der Waals surface area contributed by atoms with Crippen molar-refractivity contribution in [3.63, 3.8) is 0 Å². The lowest BCUT2D eigenvalue weighted by Gasteiger charge is -2.07. The third-order valence-corrected chi connectivity index (χ3v) is 4.75. The summed E-state index contributed by atoms with van der Waals surface area (Å²) in [5.41, 5.74) is 2.41. The lowest BCUT2D eigenvalue weighted by molar-refractivity contribution is 0.238. The fourth-order valence-electron chi connectivity index (χ4n) is 2.37. The molecule has 0 saturated carbocycles. The summed E-state index contributed by atoms with van der Waals surface area (Å²) in [4.78, 5) is 6.02. The van der Waals surface area contributed by atoms with Gasteiger partial charge in [0.2, 0.25) is 0 Å². The molecule has 4 heteroatoms. The Bertz CT molecular complexity index is 581. The van der Waals surface area contributed by atoms with Crippen LogP contribution in [0, 0.1) is 6.92 Å². The van der Waals surface area contributed by atoms with Gasteiger partial charge >= 0.3 is 0 Å². The number of aryl methyl sites for hydroxylation is 1. The summed E-state index contributed by atoms with van der Waals surface area (Å²) in [6, 6.07) is 8.75. The van der Waals surface area contributed by atoms with Crippen molar-refractivity contribution in [2.24, 2.45) is 0 Å². The minimum atomic E-state index is 0.0869. The maximum Gasteiger partial charge on any atom is 0.154 e. The normalized spacial score (nSPS) is 17.3. The number of ether oxygens (including phenoxy) is 1. The molecule has 0 bridgehead atoms. The van der Waals surface area contributed by atoms with Gasteiger partial charge in [0.1, 0.15) is 10.8 Å². The Morgan fingerprint density at radius 2 is 2.20 bits per heavy atom. The number of nitrogens with one attached hydrogen (secondary N) is 1. The molecule has 1 aromatic heterocycles. The van der Waals surface area contributed by atoms with E-state index in [4.69, 9.17) is 9.72 Å². The lowest BCUT2D eigenvalue weighted by Crippen LogP contribution is -2.21. The maximum atomic E-state index is 6.01. The van der Waals surface area contributed by atoms with E-state index in [1.54, 1.807) is 11.3 Å². The number of rotatable bonds is 4. The van der Waals surface area contributed by atoms with Gasteiger partial charge < -0.3 is 10.1 Å². The number of hydrogen-bond donors (Lipinski definition) is 1. The average Bonchev–Trinajstić information content (AvgIpc) is 2.99. The topological polar surface area (TPSA) is 34.1 Å². The molecule has 3 rings (SSSR count). The van der Waals surface area contributed by atoms with E-state index in [2.05, 4.69) is 38.2 Å². The molecule has 1 aliphatic rings.